The second-order valence-corrected chi connectivity index (χ2v) is 10.1. The molecule has 3 heteroatoms. The number of hydrogen-bond donors (Lipinski definition) is 0. The molecule has 0 atom stereocenters. The fourth-order valence-electron chi connectivity index (χ4n) is 5.45. The van der Waals surface area contributed by atoms with Crippen molar-refractivity contribution in [2.45, 2.75) is 0 Å². The molecular weight excluding hydrogens is 496 g/mol. The average Bonchev–Trinajstić information content (AvgIpc) is 3.32. The predicted molar refractivity (Wildman–Crippen MR) is 166 cm³/mol. The summed E-state index contributed by atoms with van der Waals surface area (Å²) in [5.74, 6) is 0. The van der Waals surface area contributed by atoms with E-state index in [0.717, 1.165) is 38.9 Å². The van der Waals surface area contributed by atoms with Crippen LogP contribution in [0.4, 0.5) is 17.1 Å². The molecular formula is C36H25ClN2. The van der Waals surface area contributed by atoms with Gasteiger partial charge in [0, 0.05) is 38.5 Å². The fourth-order valence-corrected chi connectivity index (χ4v) is 5.64. The average molecular weight is 521 g/mol. The predicted octanol–water partition coefficient (Wildman–Crippen LogP) is 10.6. The quantitative estimate of drug-likeness (QED) is 0.219. The zero-order valence-corrected chi connectivity index (χ0v) is 22.0. The summed E-state index contributed by atoms with van der Waals surface area (Å²) in [7, 11) is 0. The summed E-state index contributed by atoms with van der Waals surface area (Å²) in [6.45, 7) is 0. The van der Waals surface area contributed by atoms with Crippen molar-refractivity contribution < 1.29 is 0 Å². The van der Waals surface area contributed by atoms with Crippen LogP contribution in [0.3, 0.4) is 0 Å². The second-order valence-electron chi connectivity index (χ2n) is 9.62. The van der Waals surface area contributed by atoms with Gasteiger partial charge in [-0.1, -0.05) is 96.5 Å². The van der Waals surface area contributed by atoms with Gasteiger partial charge < -0.3 is 9.47 Å². The Hall–Kier alpha value is -4.79. The summed E-state index contributed by atoms with van der Waals surface area (Å²) in [5, 5.41) is 3.23. The molecule has 0 saturated heterocycles. The van der Waals surface area contributed by atoms with E-state index in [1.807, 2.05) is 18.2 Å². The lowest BCUT2D eigenvalue weighted by atomic mass is 10.0. The van der Waals surface area contributed by atoms with Gasteiger partial charge in [-0.25, -0.2) is 0 Å². The van der Waals surface area contributed by atoms with E-state index < -0.39 is 0 Å². The lowest BCUT2D eigenvalue weighted by Gasteiger charge is -2.26. The second kappa shape index (κ2) is 9.83. The summed E-state index contributed by atoms with van der Waals surface area (Å²) in [6.07, 6.45) is 0. The first kappa shape index (κ1) is 23.3. The van der Waals surface area contributed by atoms with Crippen LogP contribution in [0, 0.1) is 0 Å². The van der Waals surface area contributed by atoms with E-state index in [2.05, 4.69) is 143 Å². The number of hydrogen-bond acceptors (Lipinski definition) is 1. The Morgan fingerprint density at radius 2 is 1.08 bits per heavy atom. The van der Waals surface area contributed by atoms with Crippen LogP contribution in [-0.4, -0.2) is 4.57 Å². The molecule has 0 N–H and O–H groups in total. The lowest BCUT2D eigenvalue weighted by molar-refractivity contribution is 1.18. The van der Waals surface area contributed by atoms with Crippen molar-refractivity contribution in [1.82, 2.24) is 4.57 Å². The Bertz CT molecular complexity index is 1910. The Morgan fingerprint density at radius 3 is 1.85 bits per heavy atom. The van der Waals surface area contributed by atoms with E-state index in [0.29, 0.717) is 0 Å². The zero-order valence-electron chi connectivity index (χ0n) is 21.2. The largest absolute Gasteiger partial charge is 0.310 e. The molecule has 0 amide bonds. The number of fused-ring (bicyclic) bond motifs is 3. The molecule has 0 fully saturated rings. The van der Waals surface area contributed by atoms with Gasteiger partial charge in [-0.15, -0.1) is 0 Å². The summed E-state index contributed by atoms with van der Waals surface area (Å²) < 4.78 is 2.36. The van der Waals surface area contributed by atoms with Gasteiger partial charge in [0.25, 0.3) is 0 Å². The van der Waals surface area contributed by atoms with E-state index in [9.17, 15) is 0 Å². The standard InChI is InChI=1S/C36H25ClN2/c37-28-11-9-10-27(24-28)26-18-20-31(21-19-26)38(29-12-3-1-4-13-29)32-22-23-34-33-16-7-8-17-35(33)39(36(34)25-32)30-14-5-2-6-15-30/h1-25H. The number of rotatable bonds is 5. The minimum Gasteiger partial charge on any atom is -0.310 e. The number of nitrogens with zero attached hydrogens (tertiary/aromatic N) is 2. The Kier molecular flexibility index (Phi) is 5.88. The maximum absolute atomic E-state index is 6.26. The van der Waals surface area contributed by atoms with Gasteiger partial charge in [0.05, 0.1) is 11.0 Å². The van der Waals surface area contributed by atoms with Crippen LogP contribution in [0.5, 0.6) is 0 Å². The molecule has 7 rings (SSSR count). The topological polar surface area (TPSA) is 8.17 Å². The first-order valence-corrected chi connectivity index (χ1v) is 13.4. The van der Waals surface area contributed by atoms with E-state index in [4.69, 9.17) is 11.6 Å². The molecule has 186 valence electrons. The van der Waals surface area contributed by atoms with Crippen molar-refractivity contribution in [3.8, 4) is 16.8 Å². The van der Waals surface area contributed by atoms with Gasteiger partial charge in [0.1, 0.15) is 0 Å². The third-order valence-electron chi connectivity index (χ3n) is 7.23. The van der Waals surface area contributed by atoms with Gasteiger partial charge in [-0.3, -0.25) is 0 Å². The highest BCUT2D eigenvalue weighted by atomic mass is 35.5. The lowest BCUT2D eigenvalue weighted by Crippen LogP contribution is -2.10. The van der Waals surface area contributed by atoms with Crippen LogP contribution < -0.4 is 4.90 Å². The summed E-state index contributed by atoms with van der Waals surface area (Å²) in [5.41, 5.74) is 9.07. The van der Waals surface area contributed by atoms with Crippen molar-refractivity contribution in [3.63, 3.8) is 0 Å². The molecule has 0 unspecified atom stereocenters. The number of halogens is 1. The highest BCUT2D eigenvalue weighted by Crippen LogP contribution is 2.40. The molecule has 1 aromatic heterocycles. The van der Waals surface area contributed by atoms with E-state index in [1.165, 1.54) is 21.8 Å². The fraction of sp³-hybridized carbons (Fsp3) is 0. The molecule has 1 heterocycles. The highest BCUT2D eigenvalue weighted by molar-refractivity contribution is 6.30. The van der Waals surface area contributed by atoms with Crippen LogP contribution in [0.15, 0.2) is 152 Å². The molecule has 39 heavy (non-hydrogen) atoms. The third-order valence-corrected chi connectivity index (χ3v) is 7.46. The maximum Gasteiger partial charge on any atom is 0.0561 e. The van der Waals surface area contributed by atoms with E-state index in [1.54, 1.807) is 0 Å². The molecule has 6 aromatic carbocycles. The maximum atomic E-state index is 6.26. The number of para-hydroxylation sites is 3. The molecule has 0 spiro atoms. The molecule has 0 saturated carbocycles. The monoisotopic (exact) mass is 520 g/mol. The number of benzene rings is 6. The van der Waals surface area contributed by atoms with Crippen molar-refractivity contribution in [2.24, 2.45) is 0 Å². The SMILES string of the molecule is Clc1cccc(-c2ccc(N(c3ccccc3)c3ccc4c5ccccc5n(-c5ccccc5)c4c3)cc2)c1. The normalized spacial score (nSPS) is 11.2. The minimum absolute atomic E-state index is 0.740. The molecule has 0 bridgehead atoms. The Morgan fingerprint density at radius 1 is 0.436 bits per heavy atom. The van der Waals surface area contributed by atoms with Gasteiger partial charge in [-0.05, 0) is 77.9 Å². The zero-order chi connectivity index (χ0) is 26.2. The van der Waals surface area contributed by atoms with Crippen molar-refractivity contribution in [1.29, 1.82) is 0 Å². The van der Waals surface area contributed by atoms with Crippen LogP contribution in [-0.2, 0) is 0 Å². The van der Waals surface area contributed by atoms with Gasteiger partial charge in [0.15, 0.2) is 0 Å². The number of anilines is 3. The van der Waals surface area contributed by atoms with Gasteiger partial charge in [0.2, 0.25) is 0 Å². The molecule has 2 nitrogen and oxygen atoms in total. The molecule has 7 aromatic rings. The van der Waals surface area contributed by atoms with Crippen LogP contribution >= 0.6 is 11.6 Å². The van der Waals surface area contributed by atoms with Crippen molar-refractivity contribution in [3.05, 3.63) is 157 Å². The molecule has 0 aliphatic rings. The third kappa shape index (κ3) is 4.25. The van der Waals surface area contributed by atoms with Crippen LogP contribution in [0.25, 0.3) is 38.6 Å². The first-order chi connectivity index (χ1) is 19.3. The number of aromatic nitrogens is 1. The molecule has 0 aliphatic heterocycles. The minimum atomic E-state index is 0.740. The molecule has 0 radical (unpaired) electrons. The van der Waals surface area contributed by atoms with Gasteiger partial charge in [-0.2, -0.15) is 0 Å². The summed E-state index contributed by atoms with van der Waals surface area (Å²) in [4.78, 5) is 2.31. The van der Waals surface area contributed by atoms with Crippen molar-refractivity contribution >= 4 is 50.5 Å². The van der Waals surface area contributed by atoms with E-state index in [-0.39, 0.29) is 0 Å². The Labute approximate surface area is 233 Å². The summed E-state index contributed by atoms with van der Waals surface area (Å²) >= 11 is 6.26. The highest BCUT2D eigenvalue weighted by Gasteiger charge is 2.17. The smallest absolute Gasteiger partial charge is 0.0561 e. The van der Waals surface area contributed by atoms with E-state index >= 15 is 0 Å². The summed E-state index contributed by atoms with van der Waals surface area (Å²) in [6, 6.07) is 53.2. The first-order valence-electron chi connectivity index (χ1n) is 13.1. The van der Waals surface area contributed by atoms with Crippen LogP contribution in [0.1, 0.15) is 0 Å². The Balaban J connectivity index is 1.41. The molecule has 0 aliphatic carbocycles. The van der Waals surface area contributed by atoms with Gasteiger partial charge >= 0.3 is 0 Å². The van der Waals surface area contributed by atoms with Crippen molar-refractivity contribution in [2.75, 3.05) is 4.90 Å². The van der Waals surface area contributed by atoms with Crippen LogP contribution in [0.2, 0.25) is 5.02 Å².